The summed E-state index contributed by atoms with van der Waals surface area (Å²) in [5.74, 6) is 0.559. The number of hydrogen-bond acceptors (Lipinski definition) is 2. The van der Waals surface area contributed by atoms with E-state index in [0.717, 1.165) is 30.5 Å². The van der Waals surface area contributed by atoms with Crippen LogP contribution in [-0.4, -0.2) is 15.3 Å². The predicted octanol–water partition coefficient (Wildman–Crippen LogP) is 3.09. The molecule has 0 fully saturated rings. The highest BCUT2D eigenvalue weighted by atomic mass is 16.1. The second-order valence-electron chi connectivity index (χ2n) is 4.28. The third kappa shape index (κ3) is 2.35. The molecule has 0 bridgehead atoms. The fourth-order valence-corrected chi connectivity index (χ4v) is 2.11. The molecule has 0 aliphatic heterocycles. The van der Waals surface area contributed by atoms with Gasteiger partial charge in [0.05, 0.1) is 0 Å². The third-order valence-electron chi connectivity index (χ3n) is 3.03. The first-order chi connectivity index (χ1) is 8.77. The number of nitrogens with zero attached hydrogens (tertiary/aromatic N) is 2. The quantitative estimate of drug-likeness (QED) is 0.755. The van der Waals surface area contributed by atoms with Gasteiger partial charge in [-0.25, -0.2) is 4.98 Å². The van der Waals surface area contributed by atoms with Gasteiger partial charge in [0.15, 0.2) is 5.82 Å². The highest BCUT2D eigenvalue weighted by Gasteiger charge is 2.16. The van der Waals surface area contributed by atoms with Crippen molar-refractivity contribution in [2.24, 2.45) is 0 Å². The standard InChI is InChI=1S/C15H18N2O/c1-3-10-17-11-9-16-15(17)14(18)13-8-6-5-7-12(13)4-2/h5-9,11H,3-4,10H2,1-2H3. The van der Waals surface area contributed by atoms with Crippen molar-refractivity contribution in [2.75, 3.05) is 0 Å². The first-order valence-corrected chi connectivity index (χ1v) is 6.41. The predicted molar refractivity (Wildman–Crippen MR) is 71.8 cm³/mol. The van der Waals surface area contributed by atoms with E-state index in [2.05, 4.69) is 18.8 Å². The molecule has 0 atom stereocenters. The third-order valence-corrected chi connectivity index (χ3v) is 3.03. The Kier molecular flexibility index (Phi) is 3.92. The second-order valence-corrected chi connectivity index (χ2v) is 4.28. The van der Waals surface area contributed by atoms with Crippen molar-refractivity contribution in [1.82, 2.24) is 9.55 Å². The van der Waals surface area contributed by atoms with Gasteiger partial charge in [0.2, 0.25) is 5.78 Å². The van der Waals surface area contributed by atoms with Gasteiger partial charge in [-0.3, -0.25) is 4.79 Å². The number of rotatable bonds is 5. The molecule has 2 rings (SSSR count). The number of ketones is 1. The summed E-state index contributed by atoms with van der Waals surface area (Å²) in [7, 11) is 0. The molecule has 1 aromatic carbocycles. The van der Waals surface area contributed by atoms with E-state index in [0.29, 0.717) is 5.82 Å². The molecule has 0 N–H and O–H groups in total. The van der Waals surface area contributed by atoms with Crippen LogP contribution in [-0.2, 0) is 13.0 Å². The van der Waals surface area contributed by atoms with E-state index in [-0.39, 0.29) is 5.78 Å². The molecule has 0 saturated heterocycles. The van der Waals surface area contributed by atoms with Gasteiger partial charge in [0.1, 0.15) is 0 Å². The second kappa shape index (κ2) is 5.63. The summed E-state index contributed by atoms with van der Waals surface area (Å²) in [6.45, 7) is 4.98. The van der Waals surface area contributed by atoms with Crippen LogP contribution in [0.1, 0.15) is 42.0 Å². The Morgan fingerprint density at radius 3 is 2.78 bits per heavy atom. The Bertz CT molecular complexity index is 543. The molecule has 2 aromatic rings. The molecule has 0 unspecified atom stereocenters. The molecule has 3 nitrogen and oxygen atoms in total. The zero-order valence-electron chi connectivity index (χ0n) is 10.9. The lowest BCUT2D eigenvalue weighted by molar-refractivity contribution is 0.102. The summed E-state index contributed by atoms with van der Waals surface area (Å²) in [6.07, 6.45) is 5.41. The molecule has 0 aliphatic carbocycles. The Morgan fingerprint density at radius 2 is 2.06 bits per heavy atom. The van der Waals surface area contributed by atoms with Crippen molar-refractivity contribution in [3.05, 3.63) is 53.6 Å². The normalized spacial score (nSPS) is 10.6. The summed E-state index contributed by atoms with van der Waals surface area (Å²) < 4.78 is 1.93. The van der Waals surface area contributed by atoms with E-state index >= 15 is 0 Å². The highest BCUT2D eigenvalue weighted by Crippen LogP contribution is 2.14. The van der Waals surface area contributed by atoms with Crippen LogP contribution in [0, 0.1) is 0 Å². The molecular formula is C15H18N2O. The van der Waals surface area contributed by atoms with Gasteiger partial charge in [-0.1, -0.05) is 38.1 Å². The zero-order valence-corrected chi connectivity index (χ0v) is 10.9. The van der Waals surface area contributed by atoms with Crippen LogP contribution in [0.15, 0.2) is 36.7 Å². The molecular weight excluding hydrogens is 224 g/mol. The van der Waals surface area contributed by atoms with Crippen LogP contribution in [0.4, 0.5) is 0 Å². The number of aromatic nitrogens is 2. The Labute approximate surface area is 107 Å². The molecule has 0 radical (unpaired) electrons. The van der Waals surface area contributed by atoms with Gasteiger partial charge in [-0.15, -0.1) is 0 Å². The summed E-state index contributed by atoms with van der Waals surface area (Å²) in [4.78, 5) is 16.7. The van der Waals surface area contributed by atoms with Gasteiger partial charge in [-0.05, 0) is 18.4 Å². The topological polar surface area (TPSA) is 34.9 Å². The van der Waals surface area contributed by atoms with Gasteiger partial charge >= 0.3 is 0 Å². The van der Waals surface area contributed by atoms with E-state index in [9.17, 15) is 4.79 Å². The Hall–Kier alpha value is -1.90. The van der Waals surface area contributed by atoms with Crippen LogP contribution >= 0.6 is 0 Å². The maximum absolute atomic E-state index is 12.5. The molecule has 18 heavy (non-hydrogen) atoms. The maximum atomic E-state index is 12.5. The fraction of sp³-hybridized carbons (Fsp3) is 0.333. The van der Waals surface area contributed by atoms with Crippen LogP contribution < -0.4 is 0 Å². The summed E-state index contributed by atoms with van der Waals surface area (Å²) >= 11 is 0. The highest BCUT2D eigenvalue weighted by molar-refractivity contribution is 6.07. The smallest absolute Gasteiger partial charge is 0.228 e. The van der Waals surface area contributed by atoms with Gasteiger partial charge in [-0.2, -0.15) is 0 Å². The number of imidazole rings is 1. The van der Waals surface area contributed by atoms with Crippen molar-refractivity contribution >= 4 is 5.78 Å². The van der Waals surface area contributed by atoms with E-state index in [1.54, 1.807) is 6.20 Å². The number of aryl methyl sites for hydroxylation is 2. The molecule has 0 saturated carbocycles. The molecule has 1 aromatic heterocycles. The lowest BCUT2D eigenvalue weighted by Gasteiger charge is -2.08. The van der Waals surface area contributed by atoms with Crippen molar-refractivity contribution in [3.8, 4) is 0 Å². The Balaban J connectivity index is 2.38. The van der Waals surface area contributed by atoms with E-state index < -0.39 is 0 Å². The van der Waals surface area contributed by atoms with Gasteiger partial charge in [0, 0.05) is 24.5 Å². The number of carbonyl (C=O) groups excluding carboxylic acids is 1. The van der Waals surface area contributed by atoms with E-state index in [1.165, 1.54) is 0 Å². The van der Waals surface area contributed by atoms with Crippen molar-refractivity contribution in [3.63, 3.8) is 0 Å². The molecule has 3 heteroatoms. The van der Waals surface area contributed by atoms with Crippen LogP contribution in [0.2, 0.25) is 0 Å². The van der Waals surface area contributed by atoms with E-state index in [4.69, 9.17) is 0 Å². The largest absolute Gasteiger partial charge is 0.328 e. The molecule has 0 amide bonds. The van der Waals surface area contributed by atoms with E-state index in [1.807, 2.05) is 35.0 Å². The number of carbonyl (C=O) groups is 1. The first kappa shape index (κ1) is 12.6. The van der Waals surface area contributed by atoms with Crippen LogP contribution in [0.5, 0.6) is 0 Å². The average Bonchev–Trinajstić information content (AvgIpc) is 2.86. The molecule has 94 valence electrons. The minimum Gasteiger partial charge on any atom is -0.328 e. The fourth-order valence-electron chi connectivity index (χ4n) is 2.11. The minimum absolute atomic E-state index is 0.0194. The van der Waals surface area contributed by atoms with Gasteiger partial charge < -0.3 is 4.57 Å². The van der Waals surface area contributed by atoms with Crippen molar-refractivity contribution in [2.45, 2.75) is 33.2 Å². The minimum atomic E-state index is 0.0194. The number of benzene rings is 1. The van der Waals surface area contributed by atoms with Gasteiger partial charge in [0.25, 0.3) is 0 Å². The summed E-state index contributed by atoms with van der Waals surface area (Å²) in [5.41, 5.74) is 1.84. The molecule has 0 spiro atoms. The van der Waals surface area contributed by atoms with Crippen molar-refractivity contribution < 1.29 is 4.79 Å². The van der Waals surface area contributed by atoms with Crippen molar-refractivity contribution in [1.29, 1.82) is 0 Å². The van der Waals surface area contributed by atoms with Crippen LogP contribution in [0.25, 0.3) is 0 Å². The van der Waals surface area contributed by atoms with Crippen LogP contribution in [0.3, 0.4) is 0 Å². The molecule has 0 aliphatic rings. The summed E-state index contributed by atoms with van der Waals surface area (Å²) in [6, 6.07) is 7.75. The Morgan fingerprint density at radius 1 is 1.28 bits per heavy atom. The maximum Gasteiger partial charge on any atom is 0.228 e. The number of hydrogen-bond donors (Lipinski definition) is 0. The SMILES string of the molecule is CCCn1ccnc1C(=O)c1ccccc1CC. The lowest BCUT2D eigenvalue weighted by Crippen LogP contribution is -2.13. The average molecular weight is 242 g/mol. The zero-order chi connectivity index (χ0) is 13.0. The first-order valence-electron chi connectivity index (χ1n) is 6.41. The molecule has 1 heterocycles. The lowest BCUT2D eigenvalue weighted by atomic mass is 10.0. The monoisotopic (exact) mass is 242 g/mol. The summed E-state index contributed by atoms with van der Waals surface area (Å²) in [5, 5.41) is 0.